The largest absolute Gasteiger partial charge is 0.465 e. The van der Waals surface area contributed by atoms with Crippen molar-refractivity contribution in [2.24, 2.45) is 5.92 Å². The first-order valence-corrected chi connectivity index (χ1v) is 5.51. The number of nitriles is 1. The van der Waals surface area contributed by atoms with Gasteiger partial charge in [0.1, 0.15) is 23.0 Å². The highest BCUT2D eigenvalue weighted by Gasteiger charge is 2.32. The van der Waals surface area contributed by atoms with Gasteiger partial charge in [0.15, 0.2) is 0 Å². The summed E-state index contributed by atoms with van der Waals surface area (Å²) in [4.78, 5) is 23.1. The summed E-state index contributed by atoms with van der Waals surface area (Å²) in [6, 6.07) is 1.86. The Kier molecular flexibility index (Phi) is 3.06. The van der Waals surface area contributed by atoms with Crippen LogP contribution < -0.4 is 5.32 Å². The Morgan fingerprint density at radius 2 is 2.17 bits per heavy atom. The van der Waals surface area contributed by atoms with Crippen LogP contribution in [0.3, 0.4) is 0 Å². The van der Waals surface area contributed by atoms with E-state index in [1.807, 2.05) is 6.07 Å². The molecule has 6 heteroatoms. The van der Waals surface area contributed by atoms with Gasteiger partial charge in [-0.1, -0.05) is 0 Å². The van der Waals surface area contributed by atoms with Crippen LogP contribution in [-0.4, -0.2) is 19.0 Å². The number of nitrogens with zero attached hydrogens (tertiary/aromatic N) is 1. The third kappa shape index (κ3) is 2.07. The van der Waals surface area contributed by atoms with Crippen LogP contribution in [0.15, 0.2) is 4.42 Å². The number of hydrogen-bond donors (Lipinski definition) is 1. The molecule has 0 spiro atoms. The average Bonchev–Trinajstić information content (AvgIpc) is 3.14. The van der Waals surface area contributed by atoms with Crippen molar-refractivity contribution in [1.82, 2.24) is 0 Å². The molecule has 1 fully saturated rings. The van der Waals surface area contributed by atoms with Crippen molar-refractivity contribution in [3.63, 3.8) is 0 Å². The molecule has 6 nitrogen and oxygen atoms in total. The number of carbonyl (C=O) groups excluding carboxylic acids is 2. The van der Waals surface area contributed by atoms with Crippen molar-refractivity contribution in [2.75, 3.05) is 12.4 Å². The molecule has 1 aromatic rings. The van der Waals surface area contributed by atoms with E-state index >= 15 is 0 Å². The zero-order chi connectivity index (χ0) is 13.3. The summed E-state index contributed by atoms with van der Waals surface area (Å²) in [6.45, 7) is 1.54. The van der Waals surface area contributed by atoms with Crippen molar-refractivity contribution in [3.8, 4) is 6.07 Å². The number of nitrogens with one attached hydrogen (secondary N) is 1. The molecule has 1 amide bonds. The lowest BCUT2D eigenvalue weighted by atomic mass is 10.1. The van der Waals surface area contributed by atoms with Crippen molar-refractivity contribution in [1.29, 1.82) is 5.26 Å². The van der Waals surface area contributed by atoms with Gasteiger partial charge in [-0.05, 0) is 19.8 Å². The van der Waals surface area contributed by atoms with Crippen LogP contribution in [0.2, 0.25) is 0 Å². The Balaban J connectivity index is 2.33. The molecule has 94 valence electrons. The fourth-order valence-electron chi connectivity index (χ4n) is 1.65. The first-order chi connectivity index (χ1) is 8.58. The second-order valence-electron chi connectivity index (χ2n) is 4.10. The first kappa shape index (κ1) is 12.2. The summed E-state index contributed by atoms with van der Waals surface area (Å²) < 4.78 is 9.83. The lowest BCUT2D eigenvalue weighted by Gasteiger charge is -2.00. The molecule has 0 aliphatic heterocycles. The number of esters is 1. The number of anilines is 1. The van der Waals surface area contributed by atoms with Crippen LogP contribution in [0.1, 0.15) is 34.5 Å². The van der Waals surface area contributed by atoms with Crippen molar-refractivity contribution < 1.29 is 18.7 Å². The molecule has 18 heavy (non-hydrogen) atoms. The maximum Gasteiger partial charge on any atom is 0.342 e. The Labute approximate surface area is 104 Å². The second-order valence-corrected chi connectivity index (χ2v) is 4.10. The Morgan fingerprint density at radius 3 is 2.67 bits per heavy atom. The van der Waals surface area contributed by atoms with E-state index in [1.165, 1.54) is 7.11 Å². The maximum atomic E-state index is 11.6. The highest BCUT2D eigenvalue weighted by atomic mass is 16.5. The van der Waals surface area contributed by atoms with Crippen LogP contribution in [0, 0.1) is 24.2 Å². The van der Waals surface area contributed by atoms with Crippen LogP contribution in [0.25, 0.3) is 0 Å². The second kappa shape index (κ2) is 4.53. The van der Waals surface area contributed by atoms with Gasteiger partial charge in [0.25, 0.3) is 0 Å². The zero-order valence-electron chi connectivity index (χ0n) is 10.1. The average molecular weight is 248 g/mol. The molecule has 2 rings (SSSR count). The first-order valence-electron chi connectivity index (χ1n) is 5.51. The fourth-order valence-corrected chi connectivity index (χ4v) is 1.65. The van der Waals surface area contributed by atoms with Gasteiger partial charge in [-0.2, -0.15) is 5.26 Å². The number of ether oxygens (including phenoxy) is 1. The highest BCUT2D eigenvalue weighted by Crippen LogP contribution is 2.32. The SMILES string of the molecule is COC(=O)c1c(C)oc(NC(=O)C2CC2)c1C#N. The number of rotatable bonds is 3. The van der Waals surface area contributed by atoms with Gasteiger partial charge in [-0.3, -0.25) is 10.1 Å². The lowest BCUT2D eigenvalue weighted by Crippen LogP contribution is -2.14. The molecule has 0 bridgehead atoms. The zero-order valence-corrected chi connectivity index (χ0v) is 10.1. The van der Waals surface area contributed by atoms with E-state index in [9.17, 15) is 9.59 Å². The van der Waals surface area contributed by atoms with Gasteiger partial charge in [0.05, 0.1) is 7.11 Å². The van der Waals surface area contributed by atoms with E-state index < -0.39 is 5.97 Å². The molecule has 1 saturated carbocycles. The minimum atomic E-state index is -0.653. The smallest absolute Gasteiger partial charge is 0.342 e. The minimum absolute atomic E-state index is 0.00773. The third-order valence-corrected chi connectivity index (χ3v) is 2.77. The molecular formula is C12H12N2O4. The van der Waals surface area contributed by atoms with E-state index in [-0.39, 0.29) is 34.6 Å². The normalized spacial score (nSPS) is 13.8. The summed E-state index contributed by atoms with van der Waals surface area (Å²) in [6.07, 6.45) is 1.69. The van der Waals surface area contributed by atoms with E-state index in [2.05, 4.69) is 10.1 Å². The quantitative estimate of drug-likeness (QED) is 0.820. The molecular weight excluding hydrogens is 236 g/mol. The molecule has 1 aromatic heterocycles. The van der Waals surface area contributed by atoms with E-state index in [1.54, 1.807) is 6.92 Å². The molecule has 0 radical (unpaired) electrons. The van der Waals surface area contributed by atoms with Gasteiger partial charge in [0, 0.05) is 5.92 Å². The number of methoxy groups -OCH3 is 1. The van der Waals surface area contributed by atoms with Crippen LogP contribution in [-0.2, 0) is 9.53 Å². The maximum absolute atomic E-state index is 11.6. The molecule has 0 unspecified atom stereocenters. The van der Waals surface area contributed by atoms with Crippen LogP contribution >= 0.6 is 0 Å². The van der Waals surface area contributed by atoms with E-state index in [0.29, 0.717) is 0 Å². The fraction of sp³-hybridized carbons (Fsp3) is 0.417. The third-order valence-electron chi connectivity index (χ3n) is 2.77. The van der Waals surface area contributed by atoms with Crippen LogP contribution in [0.4, 0.5) is 5.88 Å². The molecule has 0 aromatic carbocycles. The molecule has 1 aliphatic rings. The lowest BCUT2D eigenvalue weighted by molar-refractivity contribution is -0.117. The number of aryl methyl sites for hydroxylation is 1. The Bertz CT molecular complexity index is 549. The summed E-state index contributed by atoms with van der Waals surface area (Å²) in [7, 11) is 1.22. The summed E-state index contributed by atoms with van der Waals surface area (Å²) >= 11 is 0. The van der Waals surface area contributed by atoms with Crippen LogP contribution in [0.5, 0.6) is 0 Å². The minimum Gasteiger partial charge on any atom is -0.465 e. The Hall–Kier alpha value is -2.29. The van der Waals surface area contributed by atoms with Gasteiger partial charge >= 0.3 is 5.97 Å². The molecule has 0 saturated heterocycles. The summed E-state index contributed by atoms with van der Waals surface area (Å²) in [5, 5.41) is 11.6. The number of hydrogen-bond acceptors (Lipinski definition) is 5. The predicted molar refractivity (Wildman–Crippen MR) is 60.9 cm³/mol. The molecule has 1 aliphatic carbocycles. The molecule has 1 heterocycles. The number of furan rings is 1. The van der Waals surface area contributed by atoms with Crippen molar-refractivity contribution in [2.45, 2.75) is 19.8 Å². The van der Waals surface area contributed by atoms with Crippen molar-refractivity contribution in [3.05, 3.63) is 16.9 Å². The summed E-state index contributed by atoms with van der Waals surface area (Å²) in [5.74, 6) is -0.572. The monoisotopic (exact) mass is 248 g/mol. The Morgan fingerprint density at radius 1 is 1.50 bits per heavy atom. The van der Waals surface area contributed by atoms with E-state index in [0.717, 1.165) is 12.8 Å². The highest BCUT2D eigenvalue weighted by molar-refractivity contribution is 5.99. The molecule has 0 atom stereocenters. The number of carbonyl (C=O) groups is 2. The predicted octanol–water partition coefficient (Wildman–Crippen LogP) is 1.59. The van der Waals surface area contributed by atoms with Crippen molar-refractivity contribution >= 4 is 17.8 Å². The van der Waals surface area contributed by atoms with Gasteiger partial charge in [0.2, 0.25) is 11.8 Å². The van der Waals surface area contributed by atoms with Gasteiger partial charge in [-0.25, -0.2) is 4.79 Å². The standard InChI is InChI=1S/C12H12N2O4/c1-6-9(12(16)17-2)8(5-13)11(18-6)14-10(15)7-3-4-7/h7H,3-4H2,1-2H3,(H,14,15). The van der Waals surface area contributed by atoms with E-state index in [4.69, 9.17) is 9.68 Å². The van der Waals surface area contributed by atoms with Gasteiger partial charge in [-0.15, -0.1) is 0 Å². The molecule has 1 N–H and O–H groups in total. The topological polar surface area (TPSA) is 92.3 Å². The van der Waals surface area contributed by atoms with Gasteiger partial charge < -0.3 is 9.15 Å². The number of amides is 1. The summed E-state index contributed by atoms with van der Waals surface area (Å²) in [5.41, 5.74) is 0.0689.